The molecule has 2 heterocycles. The second kappa shape index (κ2) is 11.9. The van der Waals surface area contributed by atoms with Crippen LogP contribution in [0.25, 0.3) is 0 Å². The smallest absolute Gasteiger partial charge is 0.412 e. The van der Waals surface area contributed by atoms with E-state index in [1.807, 2.05) is 41.5 Å². The highest BCUT2D eigenvalue weighted by Crippen LogP contribution is 2.33. The Bertz CT molecular complexity index is 608. The number of halogens is 1. The minimum Gasteiger partial charge on any atom is -0.444 e. The molecular formula is C22H44IN5O3. The van der Waals surface area contributed by atoms with Crippen molar-refractivity contribution < 1.29 is 14.3 Å². The molecule has 31 heavy (non-hydrogen) atoms. The summed E-state index contributed by atoms with van der Waals surface area (Å²) in [5, 5.41) is 6.75. The number of hydrogen-bond donors (Lipinski definition) is 2. The minimum atomic E-state index is -0.726. The third-order valence-corrected chi connectivity index (χ3v) is 5.57. The normalized spacial score (nSPS) is 26.9. The summed E-state index contributed by atoms with van der Waals surface area (Å²) in [4.78, 5) is 21.8. The first-order chi connectivity index (χ1) is 13.9. The molecule has 2 aliphatic rings. The van der Waals surface area contributed by atoms with Crippen molar-refractivity contribution in [1.82, 2.24) is 20.4 Å². The van der Waals surface area contributed by atoms with E-state index in [-0.39, 0.29) is 42.2 Å². The van der Waals surface area contributed by atoms with E-state index in [1.165, 1.54) is 19.4 Å². The molecule has 3 atom stereocenters. The van der Waals surface area contributed by atoms with Gasteiger partial charge in [-0.1, -0.05) is 0 Å². The zero-order valence-electron chi connectivity index (χ0n) is 20.7. The Labute approximate surface area is 205 Å². The lowest BCUT2D eigenvalue weighted by Gasteiger charge is -2.35. The molecule has 0 aromatic carbocycles. The van der Waals surface area contributed by atoms with Crippen molar-refractivity contribution in [2.24, 2.45) is 10.9 Å². The second-order valence-corrected chi connectivity index (χ2v) is 10.1. The first kappa shape index (κ1) is 28.2. The molecular weight excluding hydrogens is 509 g/mol. The van der Waals surface area contributed by atoms with Crippen LogP contribution in [0.3, 0.4) is 0 Å². The van der Waals surface area contributed by atoms with Crippen LogP contribution in [0, 0.1) is 5.92 Å². The van der Waals surface area contributed by atoms with Crippen LogP contribution in [0.15, 0.2) is 4.99 Å². The van der Waals surface area contributed by atoms with Crippen molar-refractivity contribution in [1.29, 1.82) is 0 Å². The number of carbonyl (C=O) groups is 1. The second-order valence-electron chi connectivity index (χ2n) is 10.1. The van der Waals surface area contributed by atoms with E-state index in [9.17, 15) is 4.79 Å². The van der Waals surface area contributed by atoms with Gasteiger partial charge in [0, 0.05) is 26.2 Å². The van der Waals surface area contributed by atoms with Gasteiger partial charge < -0.3 is 25.0 Å². The van der Waals surface area contributed by atoms with Gasteiger partial charge in [0.25, 0.3) is 0 Å². The molecule has 0 aromatic rings. The maximum absolute atomic E-state index is 12.9. The first-order valence-corrected chi connectivity index (χ1v) is 11.3. The molecule has 182 valence electrons. The maximum Gasteiger partial charge on any atom is 0.412 e. The number of amides is 1. The molecule has 9 heteroatoms. The van der Waals surface area contributed by atoms with Gasteiger partial charge >= 0.3 is 6.09 Å². The number of hydrogen-bond acceptors (Lipinski definition) is 5. The molecule has 8 nitrogen and oxygen atoms in total. The summed E-state index contributed by atoms with van der Waals surface area (Å²) in [7, 11) is 2.17. The largest absolute Gasteiger partial charge is 0.444 e. The molecule has 2 aliphatic heterocycles. The van der Waals surface area contributed by atoms with Crippen LogP contribution in [-0.2, 0) is 9.47 Å². The van der Waals surface area contributed by atoms with E-state index < -0.39 is 11.3 Å². The summed E-state index contributed by atoms with van der Waals surface area (Å²) in [6.07, 6.45) is 1.99. The quantitative estimate of drug-likeness (QED) is 0.309. The highest BCUT2D eigenvalue weighted by molar-refractivity contribution is 14.0. The summed E-state index contributed by atoms with van der Waals surface area (Å²) < 4.78 is 11.7. The number of likely N-dealkylation sites (tertiary alicyclic amines) is 1. The number of aliphatic imine (C=N–C) groups is 1. The van der Waals surface area contributed by atoms with Crippen molar-refractivity contribution in [3.05, 3.63) is 0 Å². The Morgan fingerprint density at radius 3 is 2.55 bits per heavy atom. The molecule has 0 spiro atoms. The van der Waals surface area contributed by atoms with Gasteiger partial charge in [-0.2, -0.15) is 0 Å². The van der Waals surface area contributed by atoms with Gasteiger partial charge in [-0.25, -0.2) is 4.79 Å². The van der Waals surface area contributed by atoms with Crippen LogP contribution >= 0.6 is 24.0 Å². The summed E-state index contributed by atoms with van der Waals surface area (Å²) in [6, 6.07) is -0.153. The van der Waals surface area contributed by atoms with E-state index in [4.69, 9.17) is 14.5 Å². The number of rotatable bonds is 5. The van der Waals surface area contributed by atoms with Gasteiger partial charge in [0.2, 0.25) is 0 Å². The number of guanidine groups is 1. The van der Waals surface area contributed by atoms with Crippen LogP contribution < -0.4 is 10.6 Å². The topological polar surface area (TPSA) is 78.4 Å². The van der Waals surface area contributed by atoms with E-state index in [1.54, 1.807) is 4.90 Å². The lowest BCUT2D eigenvalue weighted by molar-refractivity contribution is -0.0755. The molecule has 1 amide bonds. The fourth-order valence-corrected chi connectivity index (χ4v) is 4.31. The molecule has 2 N–H and O–H groups in total. The SMILES string of the molecule is CCNC(=NCC1CCCN(C)C1)NCC1C(C)OC(C)(C)N1C(=O)OC(C)(C)C.I. The fourth-order valence-electron chi connectivity index (χ4n) is 4.31. The highest BCUT2D eigenvalue weighted by atomic mass is 127. The average molecular weight is 554 g/mol. The minimum absolute atomic E-state index is 0. The van der Waals surface area contributed by atoms with E-state index in [2.05, 4.69) is 29.5 Å². The Kier molecular flexibility index (Phi) is 10.8. The number of nitrogens with one attached hydrogen (secondary N) is 2. The Morgan fingerprint density at radius 1 is 1.29 bits per heavy atom. The van der Waals surface area contributed by atoms with Crippen molar-refractivity contribution >= 4 is 36.0 Å². The van der Waals surface area contributed by atoms with Crippen molar-refractivity contribution in [2.45, 2.75) is 84.8 Å². The molecule has 0 saturated carbocycles. The third kappa shape index (κ3) is 8.57. The van der Waals surface area contributed by atoms with Gasteiger partial charge in [0.1, 0.15) is 11.3 Å². The van der Waals surface area contributed by atoms with Crippen molar-refractivity contribution in [2.75, 3.05) is 39.8 Å². The highest BCUT2D eigenvalue weighted by Gasteiger charge is 2.49. The Hall–Kier alpha value is -0.810. The summed E-state index contributed by atoms with van der Waals surface area (Å²) in [5.74, 6) is 1.37. The zero-order chi connectivity index (χ0) is 22.5. The molecule has 0 bridgehead atoms. The van der Waals surface area contributed by atoms with Gasteiger partial charge in [0.15, 0.2) is 5.96 Å². The van der Waals surface area contributed by atoms with Crippen LogP contribution in [0.5, 0.6) is 0 Å². The number of carbonyl (C=O) groups excluding carboxylic acids is 1. The fraction of sp³-hybridized carbons (Fsp3) is 0.909. The Balaban J connectivity index is 0.00000480. The Morgan fingerprint density at radius 2 is 1.97 bits per heavy atom. The lowest BCUT2D eigenvalue weighted by Crippen LogP contribution is -2.54. The average Bonchev–Trinajstić information content (AvgIpc) is 2.84. The molecule has 2 saturated heterocycles. The maximum atomic E-state index is 12.9. The molecule has 0 radical (unpaired) electrons. The predicted molar refractivity (Wildman–Crippen MR) is 136 cm³/mol. The summed E-state index contributed by atoms with van der Waals surface area (Å²) in [6.45, 7) is 17.9. The summed E-state index contributed by atoms with van der Waals surface area (Å²) >= 11 is 0. The molecule has 2 fully saturated rings. The molecule has 0 aliphatic carbocycles. The van der Waals surface area contributed by atoms with Crippen molar-refractivity contribution in [3.8, 4) is 0 Å². The number of nitrogens with zero attached hydrogens (tertiary/aromatic N) is 3. The van der Waals surface area contributed by atoms with Crippen LogP contribution in [-0.4, -0.2) is 85.1 Å². The van der Waals surface area contributed by atoms with Gasteiger partial charge in [0.05, 0.1) is 12.1 Å². The van der Waals surface area contributed by atoms with Gasteiger partial charge in [-0.15, -0.1) is 24.0 Å². The molecule has 0 aromatic heterocycles. The van der Waals surface area contributed by atoms with Crippen LogP contribution in [0.2, 0.25) is 0 Å². The predicted octanol–water partition coefficient (Wildman–Crippen LogP) is 3.26. The molecule has 2 rings (SSSR count). The van der Waals surface area contributed by atoms with E-state index >= 15 is 0 Å². The first-order valence-electron chi connectivity index (χ1n) is 11.3. The lowest BCUT2D eigenvalue weighted by atomic mass is 9.99. The van der Waals surface area contributed by atoms with Gasteiger partial charge in [-0.3, -0.25) is 9.89 Å². The van der Waals surface area contributed by atoms with Crippen molar-refractivity contribution in [3.63, 3.8) is 0 Å². The monoisotopic (exact) mass is 553 g/mol. The van der Waals surface area contributed by atoms with E-state index in [0.717, 1.165) is 25.6 Å². The number of piperidine rings is 1. The standard InChI is InChI=1S/C22H43N5O3.HI/c1-9-23-19(24-13-17-11-10-12-26(8)15-17)25-14-18-16(2)29-22(6,7)27(18)20(28)30-21(3,4)5;/h16-18H,9-15H2,1-8H3,(H2,23,24,25);1H. The summed E-state index contributed by atoms with van der Waals surface area (Å²) in [5.41, 5.74) is -1.28. The number of ether oxygens (including phenoxy) is 2. The van der Waals surface area contributed by atoms with E-state index in [0.29, 0.717) is 12.5 Å². The van der Waals surface area contributed by atoms with Gasteiger partial charge in [-0.05, 0) is 80.8 Å². The molecule has 3 unspecified atom stereocenters. The third-order valence-electron chi connectivity index (χ3n) is 5.57. The van der Waals surface area contributed by atoms with Crippen LogP contribution in [0.1, 0.15) is 61.3 Å². The zero-order valence-corrected chi connectivity index (χ0v) is 23.0. The van der Waals surface area contributed by atoms with Crippen LogP contribution in [0.4, 0.5) is 4.79 Å².